The Balaban J connectivity index is 2.01. The third-order valence-electron chi connectivity index (χ3n) is 3.71. The molecule has 5 heteroatoms. The maximum atomic E-state index is 12.2. The molecule has 0 saturated heterocycles. The van der Waals surface area contributed by atoms with Gasteiger partial charge in [0, 0.05) is 16.3 Å². The fraction of sp³-hybridized carbons (Fsp3) is 0.222. The zero-order valence-corrected chi connectivity index (χ0v) is 14.1. The Bertz CT molecular complexity index is 726. The van der Waals surface area contributed by atoms with E-state index in [1.165, 1.54) is 0 Å². The second-order valence-electron chi connectivity index (χ2n) is 5.44. The van der Waals surface area contributed by atoms with Crippen molar-refractivity contribution >= 4 is 29.1 Å². The normalized spacial score (nSPS) is 11.7. The Hall–Kier alpha value is -2.33. The highest BCUT2D eigenvalue weighted by Crippen LogP contribution is 2.18. The molecule has 23 heavy (non-hydrogen) atoms. The summed E-state index contributed by atoms with van der Waals surface area (Å²) in [7, 11) is 0. The molecule has 0 aliphatic heterocycles. The van der Waals surface area contributed by atoms with Gasteiger partial charge >= 0.3 is 0 Å². The molecule has 1 unspecified atom stereocenters. The summed E-state index contributed by atoms with van der Waals surface area (Å²) in [5, 5.41) is 6.08. The molecule has 0 aromatic heterocycles. The third kappa shape index (κ3) is 4.33. The lowest BCUT2D eigenvalue weighted by atomic mass is 10.1. The smallest absolute Gasteiger partial charge is 0.251 e. The zero-order chi connectivity index (χ0) is 17.0. The minimum Gasteiger partial charge on any atom is -0.341 e. The summed E-state index contributed by atoms with van der Waals surface area (Å²) in [6.07, 6.45) is 0. The van der Waals surface area contributed by atoms with Gasteiger partial charge in [0.05, 0.1) is 0 Å². The molecule has 0 spiro atoms. The van der Waals surface area contributed by atoms with E-state index >= 15 is 0 Å². The minimum absolute atomic E-state index is 0.263. The average Bonchev–Trinajstić information content (AvgIpc) is 2.52. The van der Waals surface area contributed by atoms with E-state index in [4.69, 9.17) is 11.6 Å². The van der Waals surface area contributed by atoms with Crippen molar-refractivity contribution in [2.75, 3.05) is 5.32 Å². The predicted molar refractivity (Wildman–Crippen MR) is 92.9 cm³/mol. The van der Waals surface area contributed by atoms with Crippen LogP contribution in [0.5, 0.6) is 0 Å². The maximum Gasteiger partial charge on any atom is 0.251 e. The molecule has 0 fully saturated rings. The maximum absolute atomic E-state index is 12.2. The Labute approximate surface area is 140 Å². The molecule has 0 aliphatic rings. The fourth-order valence-electron chi connectivity index (χ4n) is 2.07. The van der Waals surface area contributed by atoms with Crippen molar-refractivity contribution in [1.29, 1.82) is 0 Å². The first-order valence-electron chi connectivity index (χ1n) is 7.32. The van der Waals surface area contributed by atoms with Crippen LogP contribution in [0.2, 0.25) is 5.02 Å². The molecule has 2 rings (SSSR count). The van der Waals surface area contributed by atoms with Gasteiger partial charge in [0.1, 0.15) is 6.04 Å². The van der Waals surface area contributed by atoms with Crippen LogP contribution in [0, 0.1) is 13.8 Å². The zero-order valence-electron chi connectivity index (χ0n) is 13.3. The van der Waals surface area contributed by atoms with Gasteiger partial charge in [-0.1, -0.05) is 23.7 Å². The molecule has 0 aliphatic carbocycles. The summed E-state index contributed by atoms with van der Waals surface area (Å²) in [6, 6.07) is 11.6. The number of aryl methyl sites for hydroxylation is 1. The molecular weight excluding hydrogens is 312 g/mol. The molecule has 0 radical (unpaired) electrons. The molecule has 0 saturated carbocycles. The molecule has 2 N–H and O–H groups in total. The van der Waals surface area contributed by atoms with Crippen LogP contribution >= 0.6 is 11.6 Å². The Morgan fingerprint density at radius 2 is 1.70 bits per heavy atom. The lowest BCUT2D eigenvalue weighted by molar-refractivity contribution is -0.117. The molecule has 0 heterocycles. The molecule has 0 bridgehead atoms. The number of hydrogen-bond donors (Lipinski definition) is 2. The Kier molecular flexibility index (Phi) is 5.40. The lowest BCUT2D eigenvalue weighted by Crippen LogP contribution is -2.41. The average molecular weight is 331 g/mol. The van der Waals surface area contributed by atoms with Crippen molar-refractivity contribution < 1.29 is 9.59 Å². The van der Waals surface area contributed by atoms with Crippen molar-refractivity contribution in [1.82, 2.24) is 5.32 Å². The van der Waals surface area contributed by atoms with Crippen LogP contribution in [-0.2, 0) is 4.79 Å². The number of benzene rings is 2. The van der Waals surface area contributed by atoms with Crippen LogP contribution in [0.1, 0.15) is 28.4 Å². The lowest BCUT2D eigenvalue weighted by Gasteiger charge is -2.16. The van der Waals surface area contributed by atoms with E-state index in [1.807, 2.05) is 32.0 Å². The highest BCUT2D eigenvalue weighted by atomic mass is 35.5. The number of halogens is 1. The van der Waals surface area contributed by atoms with E-state index < -0.39 is 6.04 Å². The number of rotatable bonds is 4. The summed E-state index contributed by atoms with van der Waals surface area (Å²) in [5.74, 6) is -0.578. The van der Waals surface area contributed by atoms with Crippen LogP contribution in [0.4, 0.5) is 5.69 Å². The standard InChI is InChI=1S/C18H19ClN2O2/c1-11-5-4-6-16(12(11)2)21-17(22)13(3)20-18(23)14-7-9-15(19)10-8-14/h4-10,13H,1-3H3,(H,20,23)(H,21,22). The van der Waals surface area contributed by atoms with Gasteiger partial charge in [-0.25, -0.2) is 0 Å². The van der Waals surface area contributed by atoms with Gasteiger partial charge in [-0.2, -0.15) is 0 Å². The van der Waals surface area contributed by atoms with Crippen molar-refractivity contribution in [3.05, 3.63) is 64.2 Å². The predicted octanol–water partition coefficient (Wildman–Crippen LogP) is 3.71. The summed E-state index contributed by atoms with van der Waals surface area (Å²) < 4.78 is 0. The van der Waals surface area contributed by atoms with E-state index in [1.54, 1.807) is 31.2 Å². The van der Waals surface area contributed by atoms with Crippen molar-refractivity contribution in [2.45, 2.75) is 26.8 Å². The molecule has 120 valence electrons. The first-order valence-corrected chi connectivity index (χ1v) is 7.70. The number of nitrogens with one attached hydrogen (secondary N) is 2. The van der Waals surface area contributed by atoms with Gasteiger partial charge in [0.25, 0.3) is 5.91 Å². The number of carbonyl (C=O) groups is 2. The molecule has 2 aromatic carbocycles. The van der Waals surface area contributed by atoms with Crippen LogP contribution in [-0.4, -0.2) is 17.9 Å². The van der Waals surface area contributed by atoms with Gasteiger partial charge in [-0.05, 0) is 62.2 Å². The number of amides is 2. The van der Waals surface area contributed by atoms with Gasteiger partial charge < -0.3 is 10.6 Å². The van der Waals surface area contributed by atoms with Crippen molar-refractivity contribution in [2.24, 2.45) is 0 Å². The summed E-state index contributed by atoms with van der Waals surface area (Å²) in [6.45, 7) is 5.58. The fourth-order valence-corrected chi connectivity index (χ4v) is 2.20. The SMILES string of the molecule is Cc1cccc(NC(=O)C(C)NC(=O)c2ccc(Cl)cc2)c1C. The first-order chi connectivity index (χ1) is 10.9. The van der Waals surface area contributed by atoms with Crippen LogP contribution in [0.15, 0.2) is 42.5 Å². The Morgan fingerprint density at radius 3 is 2.35 bits per heavy atom. The third-order valence-corrected chi connectivity index (χ3v) is 3.96. The van der Waals surface area contributed by atoms with Crippen molar-refractivity contribution in [3.8, 4) is 0 Å². The quantitative estimate of drug-likeness (QED) is 0.897. The van der Waals surface area contributed by atoms with E-state index in [0.717, 1.165) is 16.8 Å². The summed E-state index contributed by atoms with van der Waals surface area (Å²) in [4.78, 5) is 24.4. The van der Waals surface area contributed by atoms with E-state index in [2.05, 4.69) is 10.6 Å². The highest BCUT2D eigenvalue weighted by Gasteiger charge is 2.17. The second kappa shape index (κ2) is 7.29. The van der Waals surface area contributed by atoms with E-state index in [0.29, 0.717) is 10.6 Å². The molecular formula is C18H19ClN2O2. The minimum atomic E-state index is -0.655. The van der Waals surface area contributed by atoms with Gasteiger partial charge in [0.15, 0.2) is 0 Å². The molecule has 2 amide bonds. The molecule has 4 nitrogen and oxygen atoms in total. The number of anilines is 1. The van der Waals surface area contributed by atoms with Gasteiger partial charge in [0.2, 0.25) is 5.91 Å². The first kappa shape index (κ1) is 17.0. The van der Waals surface area contributed by atoms with E-state index in [9.17, 15) is 9.59 Å². The van der Waals surface area contributed by atoms with Crippen LogP contribution in [0.3, 0.4) is 0 Å². The van der Waals surface area contributed by atoms with E-state index in [-0.39, 0.29) is 11.8 Å². The van der Waals surface area contributed by atoms with Crippen LogP contribution < -0.4 is 10.6 Å². The topological polar surface area (TPSA) is 58.2 Å². The second-order valence-corrected chi connectivity index (χ2v) is 5.88. The highest BCUT2D eigenvalue weighted by molar-refractivity contribution is 6.30. The molecule has 1 atom stereocenters. The number of hydrogen-bond acceptors (Lipinski definition) is 2. The summed E-state index contributed by atoms with van der Waals surface area (Å²) in [5.41, 5.74) is 3.32. The van der Waals surface area contributed by atoms with Gasteiger partial charge in [-0.3, -0.25) is 9.59 Å². The largest absolute Gasteiger partial charge is 0.341 e. The monoisotopic (exact) mass is 330 g/mol. The van der Waals surface area contributed by atoms with Crippen molar-refractivity contribution in [3.63, 3.8) is 0 Å². The van der Waals surface area contributed by atoms with Crippen LogP contribution in [0.25, 0.3) is 0 Å². The summed E-state index contributed by atoms with van der Waals surface area (Å²) >= 11 is 5.79. The Morgan fingerprint density at radius 1 is 1.04 bits per heavy atom. The van der Waals surface area contributed by atoms with Gasteiger partial charge in [-0.15, -0.1) is 0 Å². The number of carbonyl (C=O) groups excluding carboxylic acids is 2. The molecule has 2 aromatic rings.